The Labute approximate surface area is 181 Å². The molecule has 0 aromatic heterocycles. The molecule has 0 radical (unpaired) electrons. The summed E-state index contributed by atoms with van der Waals surface area (Å²) in [5.41, 5.74) is 0. The van der Waals surface area contributed by atoms with E-state index in [-0.39, 0.29) is 184 Å². The van der Waals surface area contributed by atoms with Gasteiger partial charge in [0.25, 0.3) is 0 Å². The van der Waals surface area contributed by atoms with Gasteiger partial charge >= 0.3 is 128 Å². The van der Waals surface area contributed by atoms with Crippen molar-refractivity contribution in [1.82, 2.24) is 0 Å². The van der Waals surface area contributed by atoms with Crippen LogP contribution in [0.15, 0.2) is 0 Å². The van der Waals surface area contributed by atoms with Crippen LogP contribution in [-0.2, 0) is 26.2 Å². The third kappa shape index (κ3) is 415. The summed E-state index contributed by atoms with van der Waals surface area (Å²) in [7, 11) is 0. The second kappa shape index (κ2) is 494. The maximum absolute atomic E-state index is 0. The molecule has 0 aromatic rings. The molecule has 0 N–H and O–H groups in total. The first-order chi connectivity index (χ1) is 0. The standard InChI is InChI=1S/Al.Ba.12FH.La.Zr/h;;12*1H;;/q+3;+2;;;;;;;;;;;;;+3;+4/p-12. The van der Waals surface area contributed by atoms with E-state index < -0.39 is 0 Å². The van der Waals surface area contributed by atoms with E-state index in [9.17, 15) is 0 Å². The summed E-state index contributed by atoms with van der Waals surface area (Å²) >= 11 is 0. The van der Waals surface area contributed by atoms with Gasteiger partial charge in [-0.2, -0.15) is 0 Å². The Hall–Kier alpha value is 3.34. The zero-order valence-corrected chi connectivity index (χ0v) is 18.6. The van der Waals surface area contributed by atoms with Gasteiger partial charge in [-0.25, -0.2) is 0 Å². The summed E-state index contributed by atoms with van der Waals surface area (Å²) in [6, 6.07) is 0. The van der Waals surface area contributed by atoms with Crippen molar-refractivity contribution in [3.8, 4) is 0 Å². The molecule has 0 bridgehead atoms. The van der Waals surface area contributed by atoms with Crippen LogP contribution in [-0.4, -0.2) is 66.2 Å². The van der Waals surface area contributed by atoms with Gasteiger partial charge in [-0.05, 0) is 0 Å². The summed E-state index contributed by atoms with van der Waals surface area (Å²) in [5.74, 6) is 0. The molecule has 0 aliphatic rings. The summed E-state index contributed by atoms with van der Waals surface area (Å²) < 4.78 is 0. The van der Waals surface area contributed by atoms with Gasteiger partial charge in [0.05, 0.1) is 0 Å². The van der Waals surface area contributed by atoms with E-state index in [2.05, 4.69) is 0 Å². The van der Waals surface area contributed by atoms with Gasteiger partial charge in [0.15, 0.2) is 0 Å². The minimum absolute atomic E-state index is 0. The van der Waals surface area contributed by atoms with Gasteiger partial charge in [0.1, 0.15) is 0 Å². The fourth-order valence-electron chi connectivity index (χ4n) is 0. The average Bonchev–Trinajstić information content (AvgIpc) is 0. The summed E-state index contributed by atoms with van der Waals surface area (Å²) in [5, 5.41) is 0. The van der Waals surface area contributed by atoms with Gasteiger partial charge in [-0.3, -0.25) is 0 Å². The molecule has 0 nitrogen and oxygen atoms in total. The molecule has 0 unspecified atom stereocenters. The molecular formula is AlBaF12LaZr. The molecule has 0 aliphatic carbocycles. The van der Waals surface area contributed by atoms with Crippen LogP contribution in [0.3, 0.4) is 0 Å². The van der Waals surface area contributed by atoms with Gasteiger partial charge in [-0.15, -0.1) is 0 Å². The van der Waals surface area contributed by atoms with E-state index in [0.29, 0.717) is 0 Å². The summed E-state index contributed by atoms with van der Waals surface area (Å²) in [4.78, 5) is 0. The van der Waals surface area contributed by atoms with Crippen molar-refractivity contribution in [2.75, 3.05) is 0 Å². The van der Waals surface area contributed by atoms with Crippen LogP contribution in [0.5, 0.6) is 0 Å². The molecule has 0 saturated heterocycles. The molecular weight excluding hydrogens is 622 g/mol. The Morgan fingerprint density at radius 3 is 0.312 bits per heavy atom. The quantitative estimate of drug-likeness (QED) is 0.186. The number of hydrogen-bond acceptors (Lipinski definition) is 0. The van der Waals surface area contributed by atoms with E-state index in [1.54, 1.807) is 0 Å². The van der Waals surface area contributed by atoms with Gasteiger partial charge in [0, 0.05) is 0 Å². The van der Waals surface area contributed by atoms with Crippen molar-refractivity contribution in [2.45, 2.75) is 0 Å². The van der Waals surface area contributed by atoms with Crippen molar-refractivity contribution < 1.29 is 118 Å². The first-order valence-electron chi connectivity index (χ1n) is 0. The fourth-order valence-corrected chi connectivity index (χ4v) is 0. The Morgan fingerprint density at radius 1 is 0.312 bits per heavy atom. The molecule has 0 aliphatic heterocycles. The van der Waals surface area contributed by atoms with Crippen LogP contribution in [0, 0.1) is 35.6 Å². The predicted molar refractivity (Wildman–Crippen MR) is 11.5 cm³/mol. The Morgan fingerprint density at radius 2 is 0.312 bits per heavy atom. The second-order valence-corrected chi connectivity index (χ2v) is 0. The number of hydrogen-bond donors (Lipinski definition) is 0. The first-order valence-corrected chi connectivity index (χ1v) is 0. The largest absolute Gasteiger partial charge is 4.00 e. The minimum Gasteiger partial charge on any atom is -1.00 e. The SMILES string of the molecule is [Al+3].[Ba+2].[F-].[F-].[F-].[F-].[F-].[F-].[F-].[F-].[F-].[F-].[F-].[F-].[La+3].[Zr+4]. The van der Waals surface area contributed by atoms with Crippen LogP contribution in [0.4, 0.5) is 0 Å². The van der Waals surface area contributed by atoms with Crippen molar-refractivity contribution in [1.29, 1.82) is 0 Å². The Kier molecular flexibility index (Phi) is 18000. The van der Waals surface area contributed by atoms with E-state index in [4.69, 9.17) is 0 Å². The number of halogens is 12. The van der Waals surface area contributed by atoms with Crippen LogP contribution in [0.2, 0.25) is 0 Å². The maximum atomic E-state index is 0. The van der Waals surface area contributed by atoms with E-state index >= 15 is 0 Å². The van der Waals surface area contributed by atoms with Gasteiger partial charge in [0.2, 0.25) is 0 Å². The molecule has 0 amide bonds. The van der Waals surface area contributed by atoms with Crippen LogP contribution in [0.25, 0.3) is 0 Å². The monoisotopic (exact) mass is 622 g/mol. The van der Waals surface area contributed by atoms with Gasteiger partial charge < -0.3 is 56.5 Å². The molecule has 0 aromatic carbocycles. The first kappa shape index (κ1) is 583. The molecule has 0 heterocycles. The van der Waals surface area contributed by atoms with Crippen molar-refractivity contribution in [3.05, 3.63) is 0 Å². The molecule has 0 spiro atoms. The zero-order chi connectivity index (χ0) is 0. The second-order valence-electron chi connectivity index (χ2n) is 0. The van der Waals surface area contributed by atoms with E-state index in [1.165, 1.54) is 0 Å². The minimum atomic E-state index is 0. The van der Waals surface area contributed by atoms with Crippen molar-refractivity contribution in [3.63, 3.8) is 0 Å². The smallest absolute Gasteiger partial charge is 1.00 e. The summed E-state index contributed by atoms with van der Waals surface area (Å²) in [6.07, 6.45) is 0. The topological polar surface area (TPSA) is 0 Å². The molecule has 0 fully saturated rings. The van der Waals surface area contributed by atoms with Crippen LogP contribution in [0.1, 0.15) is 0 Å². The normalized spacial score (nSPS) is 0. The van der Waals surface area contributed by atoms with E-state index in [1.807, 2.05) is 0 Å². The average molecular weight is 622 g/mol. The summed E-state index contributed by atoms with van der Waals surface area (Å²) in [6.45, 7) is 0. The molecule has 0 saturated carbocycles. The van der Waals surface area contributed by atoms with Crippen molar-refractivity contribution in [2.24, 2.45) is 0 Å². The van der Waals surface area contributed by atoms with Crippen molar-refractivity contribution >= 4 is 66.2 Å². The Bertz CT molecular complexity index is 21.0. The predicted octanol–water partition coefficient (Wildman–Crippen LogP) is -36.7. The Balaban J connectivity index is 0. The van der Waals surface area contributed by atoms with Crippen LogP contribution < -0.4 is 56.5 Å². The molecule has 0 rings (SSSR count). The van der Waals surface area contributed by atoms with E-state index in [0.717, 1.165) is 0 Å². The third-order valence-electron chi connectivity index (χ3n) is 0. The molecule has 16 heteroatoms. The molecule has 16 heavy (non-hydrogen) atoms. The zero-order valence-electron chi connectivity index (χ0n) is 6.90. The third-order valence-corrected chi connectivity index (χ3v) is 0. The van der Waals surface area contributed by atoms with Crippen LogP contribution >= 0.6 is 0 Å². The van der Waals surface area contributed by atoms with Gasteiger partial charge in [-0.1, -0.05) is 0 Å². The number of rotatable bonds is 0. The maximum Gasteiger partial charge on any atom is 4.00 e. The fraction of sp³-hybridized carbons (Fsp3) is 0. The molecule has 96 valence electrons. The molecule has 0 atom stereocenters.